The minimum Gasteiger partial charge on any atom is -0.379 e. The van der Waals surface area contributed by atoms with Crippen molar-refractivity contribution >= 4 is 21.6 Å². The summed E-state index contributed by atoms with van der Waals surface area (Å²) in [6.07, 6.45) is 1.89. The first kappa shape index (κ1) is 10.3. The second-order valence-electron chi connectivity index (χ2n) is 3.08. The van der Waals surface area contributed by atoms with Crippen LogP contribution in [0.15, 0.2) is 35.3 Å². The molecular weight excluding hydrogens is 226 g/mol. The number of halogens is 1. The highest BCUT2D eigenvalue weighted by Gasteiger charge is 2.02. The molecule has 0 aromatic heterocycles. The second kappa shape index (κ2) is 4.47. The number of hydrogen-bond acceptors (Lipinski definition) is 1. The summed E-state index contributed by atoms with van der Waals surface area (Å²) in [5, 5.41) is 3.35. The van der Waals surface area contributed by atoms with Crippen molar-refractivity contribution in [3.8, 4) is 0 Å². The van der Waals surface area contributed by atoms with Crippen LogP contribution in [0.5, 0.6) is 0 Å². The van der Waals surface area contributed by atoms with Crippen molar-refractivity contribution < 1.29 is 0 Å². The molecule has 13 heavy (non-hydrogen) atoms. The smallest absolute Gasteiger partial charge is 0.0413 e. The Labute approximate surface area is 88.0 Å². The van der Waals surface area contributed by atoms with E-state index in [1.807, 2.05) is 18.2 Å². The van der Waals surface area contributed by atoms with Gasteiger partial charge in [0.15, 0.2) is 0 Å². The third kappa shape index (κ3) is 2.59. The normalized spacial score (nSPS) is 12.2. The van der Waals surface area contributed by atoms with Crippen LogP contribution in [0.2, 0.25) is 0 Å². The Morgan fingerprint density at radius 1 is 1.54 bits per heavy atom. The van der Waals surface area contributed by atoms with Crippen LogP contribution in [0.4, 0.5) is 5.69 Å². The maximum absolute atomic E-state index is 3.73. The van der Waals surface area contributed by atoms with Crippen molar-refractivity contribution in [1.82, 2.24) is 0 Å². The van der Waals surface area contributed by atoms with E-state index in [4.69, 9.17) is 0 Å². The van der Waals surface area contributed by atoms with E-state index in [1.165, 1.54) is 5.56 Å². The molecule has 0 aliphatic carbocycles. The number of rotatable bonds is 3. The van der Waals surface area contributed by atoms with Crippen molar-refractivity contribution in [2.24, 2.45) is 0 Å². The van der Waals surface area contributed by atoms with E-state index in [9.17, 15) is 0 Å². The summed E-state index contributed by atoms with van der Waals surface area (Å²) in [7, 11) is 0. The SMILES string of the molecule is C=CC(C)Nc1cccc(Br)c1C. The van der Waals surface area contributed by atoms with E-state index in [-0.39, 0.29) is 0 Å². The third-order valence-electron chi connectivity index (χ3n) is 2.00. The fourth-order valence-electron chi connectivity index (χ4n) is 1.07. The lowest BCUT2D eigenvalue weighted by molar-refractivity contribution is 0.997. The van der Waals surface area contributed by atoms with E-state index >= 15 is 0 Å². The average Bonchev–Trinajstić information content (AvgIpc) is 2.13. The molecule has 1 nitrogen and oxygen atoms in total. The van der Waals surface area contributed by atoms with Crippen LogP contribution >= 0.6 is 15.9 Å². The zero-order chi connectivity index (χ0) is 9.84. The molecule has 0 amide bonds. The van der Waals surface area contributed by atoms with E-state index in [2.05, 4.69) is 47.7 Å². The van der Waals surface area contributed by atoms with E-state index < -0.39 is 0 Å². The first-order chi connectivity index (χ1) is 6.15. The molecule has 1 unspecified atom stereocenters. The number of anilines is 1. The average molecular weight is 240 g/mol. The molecule has 0 aliphatic rings. The van der Waals surface area contributed by atoms with Gasteiger partial charge in [0.05, 0.1) is 0 Å². The highest BCUT2D eigenvalue weighted by Crippen LogP contribution is 2.23. The number of benzene rings is 1. The molecule has 1 aromatic rings. The molecule has 2 heteroatoms. The van der Waals surface area contributed by atoms with Crippen LogP contribution in [0, 0.1) is 6.92 Å². The molecule has 0 bridgehead atoms. The standard InChI is InChI=1S/C11H14BrN/c1-4-8(2)13-11-7-5-6-10(12)9(11)3/h4-8,13H,1H2,2-3H3. The van der Waals surface area contributed by atoms with Gasteiger partial charge in [0.25, 0.3) is 0 Å². The Balaban J connectivity index is 2.88. The Bertz CT molecular complexity index is 307. The highest BCUT2D eigenvalue weighted by molar-refractivity contribution is 9.10. The number of hydrogen-bond donors (Lipinski definition) is 1. The van der Waals surface area contributed by atoms with Gasteiger partial charge in [0, 0.05) is 16.2 Å². The van der Waals surface area contributed by atoms with Crippen LogP contribution in [0.25, 0.3) is 0 Å². The first-order valence-electron chi connectivity index (χ1n) is 4.29. The van der Waals surface area contributed by atoms with E-state index in [1.54, 1.807) is 0 Å². The Morgan fingerprint density at radius 2 is 2.23 bits per heavy atom. The fourth-order valence-corrected chi connectivity index (χ4v) is 1.43. The van der Waals surface area contributed by atoms with Crippen LogP contribution in [-0.2, 0) is 0 Å². The fraction of sp³-hybridized carbons (Fsp3) is 0.273. The molecule has 70 valence electrons. The summed E-state index contributed by atoms with van der Waals surface area (Å²) in [6, 6.07) is 6.43. The number of nitrogens with one attached hydrogen (secondary N) is 1. The summed E-state index contributed by atoms with van der Waals surface area (Å²) in [5.74, 6) is 0. The van der Waals surface area contributed by atoms with Crippen molar-refractivity contribution in [2.75, 3.05) is 5.32 Å². The van der Waals surface area contributed by atoms with Crippen molar-refractivity contribution in [3.63, 3.8) is 0 Å². The predicted octanol–water partition coefficient (Wildman–Crippen LogP) is 3.74. The van der Waals surface area contributed by atoms with Crippen LogP contribution in [0.3, 0.4) is 0 Å². The quantitative estimate of drug-likeness (QED) is 0.793. The van der Waals surface area contributed by atoms with Crippen molar-refractivity contribution in [2.45, 2.75) is 19.9 Å². The molecular formula is C11H14BrN. The molecule has 1 atom stereocenters. The minimum atomic E-state index is 0.299. The van der Waals surface area contributed by atoms with Crippen molar-refractivity contribution in [3.05, 3.63) is 40.9 Å². The first-order valence-corrected chi connectivity index (χ1v) is 5.08. The molecule has 1 aromatic carbocycles. The minimum absolute atomic E-state index is 0.299. The van der Waals surface area contributed by atoms with Gasteiger partial charge < -0.3 is 5.32 Å². The highest BCUT2D eigenvalue weighted by atomic mass is 79.9. The third-order valence-corrected chi connectivity index (χ3v) is 2.86. The molecule has 1 N–H and O–H groups in total. The Morgan fingerprint density at radius 3 is 2.85 bits per heavy atom. The van der Waals surface area contributed by atoms with Crippen LogP contribution in [0.1, 0.15) is 12.5 Å². The molecule has 0 heterocycles. The molecule has 0 spiro atoms. The van der Waals surface area contributed by atoms with Crippen molar-refractivity contribution in [1.29, 1.82) is 0 Å². The summed E-state index contributed by atoms with van der Waals surface area (Å²) >= 11 is 3.49. The van der Waals surface area contributed by atoms with Gasteiger partial charge in [-0.3, -0.25) is 0 Å². The maximum atomic E-state index is 3.73. The molecule has 0 saturated heterocycles. The lowest BCUT2D eigenvalue weighted by atomic mass is 10.2. The molecule has 0 aliphatic heterocycles. The van der Waals surface area contributed by atoms with Crippen LogP contribution in [-0.4, -0.2) is 6.04 Å². The monoisotopic (exact) mass is 239 g/mol. The predicted molar refractivity (Wildman–Crippen MR) is 62.2 cm³/mol. The van der Waals surface area contributed by atoms with Gasteiger partial charge in [-0.1, -0.05) is 28.1 Å². The Kier molecular flexibility index (Phi) is 3.55. The summed E-state index contributed by atoms with van der Waals surface area (Å²) in [5.41, 5.74) is 2.39. The van der Waals surface area contributed by atoms with Gasteiger partial charge in [-0.15, -0.1) is 6.58 Å². The van der Waals surface area contributed by atoms with Crippen LogP contribution < -0.4 is 5.32 Å². The maximum Gasteiger partial charge on any atom is 0.0413 e. The van der Waals surface area contributed by atoms with Gasteiger partial charge in [-0.05, 0) is 31.5 Å². The van der Waals surface area contributed by atoms with Gasteiger partial charge >= 0.3 is 0 Å². The van der Waals surface area contributed by atoms with Gasteiger partial charge in [0.1, 0.15) is 0 Å². The molecule has 0 saturated carbocycles. The zero-order valence-electron chi connectivity index (χ0n) is 7.97. The Hall–Kier alpha value is -0.760. The second-order valence-corrected chi connectivity index (χ2v) is 3.94. The lowest BCUT2D eigenvalue weighted by Crippen LogP contribution is -2.12. The lowest BCUT2D eigenvalue weighted by Gasteiger charge is -2.13. The molecule has 0 fully saturated rings. The van der Waals surface area contributed by atoms with E-state index in [0.717, 1.165) is 10.2 Å². The van der Waals surface area contributed by atoms with Gasteiger partial charge in [-0.25, -0.2) is 0 Å². The molecule has 0 radical (unpaired) electrons. The van der Waals surface area contributed by atoms with Gasteiger partial charge in [0.2, 0.25) is 0 Å². The van der Waals surface area contributed by atoms with Gasteiger partial charge in [-0.2, -0.15) is 0 Å². The summed E-state index contributed by atoms with van der Waals surface area (Å²) < 4.78 is 1.13. The largest absolute Gasteiger partial charge is 0.379 e. The summed E-state index contributed by atoms with van der Waals surface area (Å²) in [4.78, 5) is 0. The topological polar surface area (TPSA) is 12.0 Å². The molecule has 1 rings (SSSR count). The summed E-state index contributed by atoms with van der Waals surface area (Å²) in [6.45, 7) is 7.90. The zero-order valence-corrected chi connectivity index (χ0v) is 9.56. The van der Waals surface area contributed by atoms with E-state index in [0.29, 0.717) is 6.04 Å².